The van der Waals surface area contributed by atoms with Gasteiger partial charge in [0.05, 0.1) is 11.4 Å². The monoisotopic (exact) mass is 450 g/mol. The molecule has 8 nitrogen and oxygen atoms in total. The number of imidazole rings is 1. The van der Waals surface area contributed by atoms with Gasteiger partial charge in [0.15, 0.2) is 5.65 Å². The summed E-state index contributed by atoms with van der Waals surface area (Å²) in [6.07, 6.45) is 9.47. The molecule has 168 valence electrons. The van der Waals surface area contributed by atoms with E-state index in [0.717, 1.165) is 40.3 Å². The molecule has 5 rings (SSSR count). The first-order valence-electron chi connectivity index (χ1n) is 10.9. The fraction of sp³-hybridized carbons (Fsp3) is 0.0769. The number of carbonyl (C=O) groups excluding carboxylic acids is 1. The van der Waals surface area contributed by atoms with Crippen molar-refractivity contribution in [2.75, 3.05) is 11.9 Å². The average molecular weight is 451 g/mol. The van der Waals surface area contributed by atoms with Crippen LogP contribution in [-0.2, 0) is 6.42 Å². The lowest BCUT2D eigenvalue weighted by Gasteiger charge is -2.12. The lowest BCUT2D eigenvalue weighted by atomic mass is 10.1. The van der Waals surface area contributed by atoms with Crippen LogP contribution >= 0.6 is 0 Å². The van der Waals surface area contributed by atoms with Gasteiger partial charge in [-0.1, -0.05) is 6.07 Å². The first kappa shape index (κ1) is 21.1. The van der Waals surface area contributed by atoms with Crippen LogP contribution in [0.2, 0.25) is 0 Å². The molecule has 0 aliphatic heterocycles. The van der Waals surface area contributed by atoms with Crippen molar-refractivity contribution >= 4 is 22.9 Å². The number of amides is 1. The van der Waals surface area contributed by atoms with Gasteiger partial charge in [-0.05, 0) is 60.5 Å². The second kappa shape index (κ2) is 9.41. The minimum atomic E-state index is -0.158. The van der Waals surface area contributed by atoms with Gasteiger partial charge < -0.3 is 15.6 Å². The maximum Gasteiger partial charge on any atom is 0.251 e. The van der Waals surface area contributed by atoms with Gasteiger partial charge in [0, 0.05) is 60.4 Å². The van der Waals surface area contributed by atoms with Crippen LogP contribution in [0.25, 0.3) is 16.9 Å². The standard InChI is InChI=1S/C26H22N6O2/c33-24-16-20(10-13-28-24)23-8-7-22(25-29-14-15-32(23)25)31-21-5-3-19(4-6-21)26(34)30-12-9-18-2-1-11-27-17-18/h1-8,10-11,13-17,31H,9,12H2,(H,28,33)(H,30,34). The van der Waals surface area contributed by atoms with Gasteiger partial charge in [-0.2, -0.15) is 0 Å². The number of rotatable bonds is 7. The first-order chi connectivity index (χ1) is 16.7. The van der Waals surface area contributed by atoms with Gasteiger partial charge in [0.25, 0.3) is 5.91 Å². The number of hydrogen-bond donors (Lipinski definition) is 3. The van der Waals surface area contributed by atoms with E-state index in [9.17, 15) is 9.59 Å². The zero-order valence-electron chi connectivity index (χ0n) is 18.2. The predicted molar refractivity (Wildman–Crippen MR) is 131 cm³/mol. The van der Waals surface area contributed by atoms with Crippen LogP contribution in [0.1, 0.15) is 15.9 Å². The first-order valence-corrected chi connectivity index (χ1v) is 10.9. The number of anilines is 2. The molecule has 0 aliphatic carbocycles. The number of pyridine rings is 3. The highest BCUT2D eigenvalue weighted by molar-refractivity contribution is 5.94. The number of aromatic nitrogens is 4. The van der Waals surface area contributed by atoms with Crippen molar-refractivity contribution in [1.82, 2.24) is 24.7 Å². The second-order valence-electron chi connectivity index (χ2n) is 7.76. The van der Waals surface area contributed by atoms with Gasteiger partial charge in [0.1, 0.15) is 0 Å². The Labute approximate surface area is 195 Å². The Morgan fingerprint density at radius 1 is 1.03 bits per heavy atom. The fourth-order valence-electron chi connectivity index (χ4n) is 3.78. The number of fused-ring (bicyclic) bond motifs is 1. The van der Waals surface area contributed by atoms with Crippen LogP contribution in [0.4, 0.5) is 11.4 Å². The van der Waals surface area contributed by atoms with Gasteiger partial charge in [-0.15, -0.1) is 0 Å². The molecule has 0 saturated heterocycles. The maximum atomic E-state index is 12.5. The summed E-state index contributed by atoms with van der Waals surface area (Å²) in [4.78, 5) is 35.4. The largest absolute Gasteiger partial charge is 0.352 e. The third-order valence-electron chi connectivity index (χ3n) is 5.47. The molecule has 0 fully saturated rings. The van der Waals surface area contributed by atoms with Crippen molar-refractivity contribution in [3.8, 4) is 11.3 Å². The summed E-state index contributed by atoms with van der Waals surface area (Å²) in [5, 5.41) is 6.30. The molecule has 4 aromatic heterocycles. The SMILES string of the molecule is O=C(NCCc1cccnc1)c1ccc(Nc2ccc(-c3cc[nH]c(=O)c3)n3ccnc23)cc1. The van der Waals surface area contributed by atoms with Gasteiger partial charge in [-0.3, -0.25) is 19.0 Å². The molecule has 34 heavy (non-hydrogen) atoms. The lowest BCUT2D eigenvalue weighted by Crippen LogP contribution is -2.25. The van der Waals surface area contributed by atoms with Gasteiger partial charge in [0.2, 0.25) is 5.56 Å². The highest BCUT2D eigenvalue weighted by Gasteiger charge is 2.10. The molecule has 0 saturated carbocycles. The molecule has 0 aliphatic rings. The lowest BCUT2D eigenvalue weighted by molar-refractivity contribution is 0.0954. The molecule has 0 atom stereocenters. The Kier molecular flexibility index (Phi) is 5.85. The molecular weight excluding hydrogens is 428 g/mol. The van der Waals surface area contributed by atoms with Crippen molar-refractivity contribution in [3.05, 3.63) is 113 Å². The molecule has 1 amide bonds. The summed E-state index contributed by atoms with van der Waals surface area (Å²) in [7, 11) is 0. The molecule has 5 aromatic rings. The molecule has 0 unspecified atom stereocenters. The van der Waals surface area contributed by atoms with E-state index < -0.39 is 0 Å². The minimum absolute atomic E-state index is 0.117. The van der Waals surface area contributed by atoms with E-state index in [0.29, 0.717) is 12.1 Å². The molecule has 0 radical (unpaired) electrons. The van der Waals surface area contributed by atoms with E-state index in [1.54, 1.807) is 43.0 Å². The highest BCUT2D eigenvalue weighted by atomic mass is 16.1. The van der Waals surface area contributed by atoms with E-state index in [-0.39, 0.29) is 11.5 Å². The van der Waals surface area contributed by atoms with Crippen LogP contribution in [0.3, 0.4) is 0 Å². The van der Waals surface area contributed by atoms with E-state index >= 15 is 0 Å². The summed E-state index contributed by atoms with van der Waals surface area (Å²) in [6, 6.07) is 18.4. The average Bonchev–Trinajstić information content (AvgIpc) is 3.36. The van der Waals surface area contributed by atoms with Crippen LogP contribution in [0.15, 0.2) is 96.4 Å². The van der Waals surface area contributed by atoms with Crippen molar-refractivity contribution in [3.63, 3.8) is 0 Å². The quantitative estimate of drug-likeness (QED) is 0.350. The number of H-pyrrole nitrogens is 1. The van der Waals surface area contributed by atoms with Crippen molar-refractivity contribution in [1.29, 1.82) is 0 Å². The number of aromatic amines is 1. The third kappa shape index (κ3) is 4.56. The summed E-state index contributed by atoms with van der Waals surface area (Å²) < 4.78 is 1.93. The molecular formula is C26H22N6O2. The second-order valence-corrected chi connectivity index (χ2v) is 7.76. The number of benzene rings is 1. The predicted octanol–water partition coefficient (Wildman–Crippen LogP) is 3.80. The number of nitrogens with zero attached hydrogens (tertiary/aromatic N) is 3. The molecule has 4 heterocycles. The van der Waals surface area contributed by atoms with Crippen molar-refractivity contribution in [2.45, 2.75) is 6.42 Å². The fourth-order valence-corrected chi connectivity index (χ4v) is 3.78. The smallest absolute Gasteiger partial charge is 0.251 e. The van der Waals surface area contributed by atoms with Crippen molar-refractivity contribution < 1.29 is 4.79 Å². The Balaban J connectivity index is 1.28. The number of hydrogen-bond acceptors (Lipinski definition) is 5. The molecule has 0 spiro atoms. The van der Waals surface area contributed by atoms with E-state index in [1.165, 1.54) is 0 Å². The van der Waals surface area contributed by atoms with Crippen LogP contribution in [0.5, 0.6) is 0 Å². The normalized spacial score (nSPS) is 10.8. The Bertz CT molecular complexity index is 1490. The summed E-state index contributed by atoms with van der Waals surface area (Å²) in [6.45, 7) is 0.544. The van der Waals surface area contributed by atoms with Crippen LogP contribution < -0.4 is 16.2 Å². The molecule has 3 N–H and O–H groups in total. The Morgan fingerprint density at radius 2 is 1.91 bits per heavy atom. The highest BCUT2D eigenvalue weighted by Crippen LogP contribution is 2.27. The third-order valence-corrected chi connectivity index (χ3v) is 5.47. The molecule has 0 bridgehead atoms. The molecule has 8 heteroatoms. The van der Waals surface area contributed by atoms with E-state index in [4.69, 9.17) is 0 Å². The molecule has 1 aromatic carbocycles. The zero-order valence-corrected chi connectivity index (χ0v) is 18.2. The Morgan fingerprint density at radius 3 is 2.71 bits per heavy atom. The summed E-state index contributed by atoms with van der Waals surface area (Å²) >= 11 is 0. The van der Waals surface area contributed by atoms with Gasteiger partial charge >= 0.3 is 0 Å². The van der Waals surface area contributed by atoms with Crippen molar-refractivity contribution in [2.24, 2.45) is 0 Å². The zero-order chi connectivity index (χ0) is 23.3. The van der Waals surface area contributed by atoms with Crippen LogP contribution in [-0.4, -0.2) is 31.8 Å². The topological polar surface area (TPSA) is 104 Å². The Hall–Kier alpha value is -4.72. The number of carbonyl (C=O) groups is 1. The van der Waals surface area contributed by atoms with Gasteiger partial charge in [-0.25, -0.2) is 4.98 Å². The number of nitrogens with one attached hydrogen (secondary N) is 3. The summed E-state index contributed by atoms with van der Waals surface area (Å²) in [5.74, 6) is -0.117. The minimum Gasteiger partial charge on any atom is -0.352 e. The van der Waals surface area contributed by atoms with E-state index in [1.807, 2.05) is 53.1 Å². The maximum absolute atomic E-state index is 12.5. The van der Waals surface area contributed by atoms with Crippen LogP contribution in [0, 0.1) is 0 Å². The van der Waals surface area contributed by atoms with E-state index in [2.05, 4.69) is 25.6 Å². The summed E-state index contributed by atoms with van der Waals surface area (Å²) in [5.41, 5.74) is 5.56.